The molecule has 1 heterocycles. The summed E-state index contributed by atoms with van der Waals surface area (Å²) >= 11 is 0. The molecule has 0 aromatic carbocycles. The maximum Gasteiger partial charge on any atom is 0.134 e. The zero-order valence-electron chi connectivity index (χ0n) is 12.0. The fourth-order valence-electron chi connectivity index (χ4n) is 2.00. The van der Waals surface area contributed by atoms with Gasteiger partial charge < -0.3 is 11.1 Å². The lowest BCUT2D eigenvalue weighted by molar-refractivity contribution is 0.544. The highest BCUT2D eigenvalue weighted by atomic mass is 15.0. The van der Waals surface area contributed by atoms with E-state index in [0.717, 1.165) is 23.8 Å². The van der Waals surface area contributed by atoms with Crippen molar-refractivity contribution in [3.63, 3.8) is 0 Å². The average Bonchev–Trinajstić information content (AvgIpc) is 2.27. The quantitative estimate of drug-likeness (QED) is 0.728. The highest BCUT2D eigenvalue weighted by molar-refractivity contribution is 5.56. The molecule has 0 saturated carbocycles. The molecular weight excluding hydrogens is 224 g/mol. The summed E-state index contributed by atoms with van der Waals surface area (Å²) in [5.74, 6) is 2.60. The van der Waals surface area contributed by atoms with Crippen LogP contribution in [-0.2, 0) is 0 Å². The van der Waals surface area contributed by atoms with Crippen LogP contribution in [0.1, 0.15) is 58.4 Å². The van der Waals surface area contributed by atoms with E-state index in [4.69, 9.17) is 5.73 Å². The monoisotopic (exact) mass is 250 g/mol. The predicted molar refractivity (Wildman–Crippen MR) is 77.7 cm³/mol. The second-order valence-electron chi connectivity index (χ2n) is 5.49. The molecule has 4 nitrogen and oxygen atoms in total. The van der Waals surface area contributed by atoms with Crippen LogP contribution in [0.15, 0.2) is 6.33 Å². The number of anilines is 2. The van der Waals surface area contributed by atoms with E-state index < -0.39 is 0 Å². The van der Waals surface area contributed by atoms with E-state index in [1.807, 2.05) is 0 Å². The van der Waals surface area contributed by atoms with Gasteiger partial charge in [0.05, 0.1) is 0 Å². The third kappa shape index (κ3) is 4.51. The number of rotatable bonds is 7. The summed E-state index contributed by atoms with van der Waals surface area (Å²) in [5.41, 5.74) is 6.93. The van der Waals surface area contributed by atoms with E-state index in [0.29, 0.717) is 11.7 Å². The van der Waals surface area contributed by atoms with Gasteiger partial charge in [-0.3, -0.25) is 0 Å². The van der Waals surface area contributed by atoms with Gasteiger partial charge in [-0.2, -0.15) is 0 Å². The maximum atomic E-state index is 5.90. The smallest absolute Gasteiger partial charge is 0.134 e. The molecule has 0 atom stereocenters. The van der Waals surface area contributed by atoms with Gasteiger partial charge in [0, 0.05) is 12.1 Å². The fraction of sp³-hybridized carbons (Fsp3) is 0.714. The number of nitrogens with one attached hydrogen (secondary N) is 1. The molecule has 4 heteroatoms. The number of aromatic nitrogens is 2. The van der Waals surface area contributed by atoms with Crippen LogP contribution in [0.4, 0.5) is 11.6 Å². The molecule has 0 spiro atoms. The molecule has 0 unspecified atom stereocenters. The number of nitrogens with two attached hydrogens (primary N) is 1. The van der Waals surface area contributed by atoms with Crippen molar-refractivity contribution in [2.45, 2.75) is 52.9 Å². The lowest BCUT2D eigenvalue weighted by Crippen LogP contribution is -2.10. The third-order valence-corrected chi connectivity index (χ3v) is 2.99. The topological polar surface area (TPSA) is 63.8 Å². The molecule has 102 valence electrons. The van der Waals surface area contributed by atoms with E-state index in [1.165, 1.54) is 25.6 Å². The Hall–Kier alpha value is -1.32. The first-order chi connectivity index (χ1) is 8.52. The number of hydrogen-bond acceptors (Lipinski definition) is 4. The van der Waals surface area contributed by atoms with Crippen molar-refractivity contribution in [2.75, 3.05) is 17.6 Å². The van der Waals surface area contributed by atoms with Crippen LogP contribution in [0.25, 0.3) is 0 Å². The van der Waals surface area contributed by atoms with Crippen LogP contribution >= 0.6 is 0 Å². The highest BCUT2D eigenvalue weighted by Gasteiger charge is 2.12. The zero-order chi connectivity index (χ0) is 13.5. The van der Waals surface area contributed by atoms with Crippen molar-refractivity contribution in [3.8, 4) is 0 Å². The summed E-state index contributed by atoms with van der Waals surface area (Å²) < 4.78 is 0. The van der Waals surface area contributed by atoms with Gasteiger partial charge in [0.15, 0.2) is 0 Å². The maximum absolute atomic E-state index is 5.90. The lowest BCUT2D eigenvalue weighted by atomic mass is 10.0. The van der Waals surface area contributed by atoms with Gasteiger partial charge in [0.25, 0.3) is 0 Å². The second-order valence-corrected chi connectivity index (χ2v) is 5.49. The Labute approximate surface area is 110 Å². The van der Waals surface area contributed by atoms with Crippen LogP contribution in [0.3, 0.4) is 0 Å². The van der Waals surface area contributed by atoms with Gasteiger partial charge in [-0.25, -0.2) is 9.97 Å². The molecule has 0 amide bonds. The molecule has 0 bridgehead atoms. The van der Waals surface area contributed by atoms with Crippen LogP contribution in [0.2, 0.25) is 0 Å². The van der Waals surface area contributed by atoms with Crippen LogP contribution in [0.5, 0.6) is 0 Å². The SMILES string of the molecule is CC(C)CCCCNc1ncnc(N)c1C(C)C. The first kappa shape index (κ1) is 14.7. The van der Waals surface area contributed by atoms with E-state index in [-0.39, 0.29) is 0 Å². The van der Waals surface area contributed by atoms with E-state index in [1.54, 1.807) is 0 Å². The third-order valence-electron chi connectivity index (χ3n) is 2.99. The molecule has 0 radical (unpaired) electrons. The van der Waals surface area contributed by atoms with Crippen molar-refractivity contribution >= 4 is 11.6 Å². The molecule has 0 aliphatic carbocycles. The lowest BCUT2D eigenvalue weighted by Gasteiger charge is -2.14. The number of hydrogen-bond donors (Lipinski definition) is 2. The Balaban J connectivity index is 2.49. The van der Waals surface area contributed by atoms with Crippen molar-refractivity contribution in [1.82, 2.24) is 9.97 Å². The minimum atomic E-state index is 0.337. The molecule has 0 aliphatic heterocycles. The Morgan fingerprint density at radius 1 is 1.17 bits per heavy atom. The molecule has 3 N–H and O–H groups in total. The largest absolute Gasteiger partial charge is 0.383 e. The van der Waals surface area contributed by atoms with Gasteiger partial charge in [0.2, 0.25) is 0 Å². The van der Waals surface area contributed by atoms with Crippen LogP contribution in [0, 0.1) is 5.92 Å². The molecule has 0 aliphatic rings. The number of unbranched alkanes of at least 4 members (excludes halogenated alkanes) is 1. The Kier molecular flexibility index (Phi) is 5.89. The number of nitrogens with zero attached hydrogens (tertiary/aromatic N) is 2. The molecule has 18 heavy (non-hydrogen) atoms. The van der Waals surface area contributed by atoms with Crippen LogP contribution < -0.4 is 11.1 Å². The summed E-state index contributed by atoms with van der Waals surface area (Å²) in [7, 11) is 0. The number of nitrogen functional groups attached to an aromatic ring is 1. The average molecular weight is 250 g/mol. The van der Waals surface area contributed by atoms with Gasteiger partial charge in [0.1, 0.15) is 18.0 Å². The first-order valence-corrected chi connectivity index (χ1v) is 6.86. The highest BCUT2D eigenvalue weighted by Crippen LogP contribution is 2.26. The van der Waals surface area contributed by atoms with Crippen molar-refractivity contribution < 1.29 is 0 Å². The summed E-state index contributed by atoms with van der Waals surface area (Å²) in [5, 5.41) is 3.38. The second kappa shape index (κ2) is 7.19. The van der Waals surface area contributed by atoms with Gasteiger partial charge >= 0.3 is 0 Å². The molecule has 0 fully saturated rings. The van der Waals surface area contributed by atoms with Crippen LogP contribution in [-0.4, -0.2) is 16.5 Å². The van der Waals surface area contributed by atoms with Gasteiger partial charge in [-0.15, -0.1) is 0 Å². The Morgan fingerprint density at radius 2 is 1.89 bits per heavy atom. The molecular formula is C14H26N4. The summed E-state index contributed by atoms with van der Waals surface area (Å²) in [6.45, 7) is 9.69. The predicted octanol–water partition coefficient (Wildman–Crippen LogP) is 3.42. The molecule has 1 aromatic heterocycles. The summed E-state index contributed by atoms with van der Waals surface area (Å²) in [6, 6.07) is 0. The van der Waals surface area contributed by atoms with Crippen molar-refractivity contribution in [2.24, 2.45) is 5.92 Å². The van der Waals surface area contributed by atoms with E-state index >= 15 is 0 Å². The van der Waals surface area contributed by atoms with Crippen molar-refractivity contribution in [3.05, 3.63) is 11.9 Å². The fourth-order valence-corrected chi connectivity index (χ4v) is 2.00. The molecule has 1 aromatic rings. The van der Waals surface area contributed by atoms with Gasteiger partial charge in [-0.05, 0) is 18.3 Å². The normalized spacial score (nSPS) is 11.2. The van der Waals surface area contributed by atoms with Gasteiger partial charge in [-0.1, -0.05) is 40.5 Å². The Bertz CT molecular complexity index is 361. The Morgan fingerprint density at radius 3 is 2.50 bits per heavy atom. The van der Waals surface area contributed by atoms with Crippen molar-refractivity contribution in [1.29, 1.82) is 0 Å². The van der Waals surface area contributed by atoms with E-state index in [9.17, 15) is 0 Å². The minimum absolute atomic E-state index is 0.337. The summed E-state index contributed by atoms with van der Waals surface area (Å²) in [4.78, 5) is 8.35. The molecule has 1 rings (SSSR count). The zero-order valence-corrected chi connectivity index (χ0v) is 12.0. The van der Waals surface area contributed by atoms with E-state index in [2.05, 4.69) is 43.0 Å². The summed E-state index contributed by atoms with van der Waals surface area (Å²) in [6.07, 6.45) is 5.23. The first-order valence-electron chi connectivity index (χ1n) is 6.86. The molecule has 0 saturated heterocycles. The standard InChI is InChI=1S/C14H26N4/c1-10(2)7-5-6-8-16-14-12(11(3)4)13(15)17-9-18-14/h9-11H,5-8H2,1-4H3,(H3,15,16,17,18). The minimum Gasteiger partial charge on any atom is -0.383 e.